The third kappa shape index (κ3) is 1.98. The molecule has 98 valence electrons. The van der Waals surface area contributed by atoms with E-state index in [-0.39, 0.29) is 5.54 Å². The summed E-state index contributed by atoms with van der Waals surface area (Å²) in [6.07, 6.45) is 5.07. The van der Waals surface area contributed by atoms with Gasteiger partial charge >= 0.3 is 0 Å². The van der Waals surface area contributed by atoms with E-state index in [0.717, 1.165) is 13.2 Å². The van der Waals surface area contributed by atoms with Crippen molar-refractivity contribution in [1.29, 1.82) is 0 Å². The van der Waals surface area contributed by atoms with Gasteiger partial charge in [-0.15, -0.1) is 0 Å². The maximum absolute atomic E-state index is 5.40. The van der Waals surface area contributed by atoms with Gasteiger partial charge in [0.2, 0.25) is 0 Å². The van der Waals surface area contributed by atoms with Crippen molar-refractivity contribution < 1.29 is 4.74 Å². The second-order valence-electron chi connectivity index (χ2n) is 6.16. The van der Waals surface area contributed by atoms with Gasteiger partial charge < -0.3 is 10.1 Å². The van der Waals surface area contributed by atoms with Crippen LogP contribution in [0.15, 0.2) is 24.3 Å². The van der Waals surface area contributed by atoms with Gasteiger partial charge in [-0.25, -0.2) is 0 Å². The van der Waals surface area contributed by atoms with E-state index in [4.69, 9.17) is 4.74 Å². The minimum absolute atomic E-state index is 0.180. The standard InChI is InChI=1S/C16H23NO/c1-15(7-4-10-17-15)13-5-3-6-14(11-13)16(8-9-16)12-18-2/h3,5-6,11,17H,4,7-10,12H2,1-2H3. The highest BCUT2D eigenvalue weighted by Gasteiger charge is 2.44. The van der Waals surface area contributed by atoms with Crippen LogP contribution in [0.25, 0.3) is 0 Å². The van der Waals surface area contributed by atoms with E-state index in [2.05, 4.69) is 36.5 Å². The lowest BCUT2D eigenvalue weighted by Crippen LogP contribution is -2.33. The summed E-state index contributed by atoms with van der Waals surface area (Å²) in [4.78, 5) is 0. The van der Waals surface area contributed by atoms with Gasteiger partial charge in [-0.2, -0.15) is 0 Å². The Balaban J connectivity index is 1.90. The molecule has 1 aromatic rings. The van der Waals surface area contributed by atoms with Crippen LogP contribution in [-0.4, -0.2) is 20.3 Å². The van der Waals surface area contributed by atoms with E-state index < -0.39 is 0 Å². The molecule has 1 N–H and O–H groups in total. The fraction of sp³-hybridized carbons (Fsp3) is 0.625. The Hall–Kier alpha value is -0.860. The van der Waals surface area contributed by atoms with Crippen molar-refractivity contribution in [3.63, 3.8) is 0 Å². The van der Waals surface area contributed by atoms with Crippen molar-refractivity contribution >= 4 is 0 Å². The van der Waals surface area contributed by atoms with Gasteiger partial charge in [0, 0.05) is 18.1 Å². The van der Waals surface area contributed by atoms with Crippen LogP contribution in [-0.2, 0) is 15.7 Å². The first-order valence-corrected chi connectivity index (χ1v) is 7.04. The van der Waals surface area contributed by atoms with Crippen molar-refractivity contribution in [3.8, 4) is 0 Å². The fourth-order valence-corrected chi connectivity index (χ4v) is 3.28. The summed E-state index contributed by atoms with van der Waals surface area (Å²) in [5, 5.41) is 3.65. The summed E-state index contributed by atoms with van der Waals surface area (Å²) in [6.45, 7) is 4.33. The zero-order chi connectivity index (χ0) is 12.6. The number of ether oxygens (including phenoxy) is 1. The molecule has 0 aromatic heterocycles. The highest BCUT2D eigenvalue weighted by molar-refractivity contribution is 5.37. The number of rotatable bonds is 4. The Morgan fingerprint density at radius 2 is 2.00 bits per heavy atom. The Morgan fingerprint density at radius 3 is 2.61 bits per heavy atom. The molecular weight excluding hydrogens is 222 g/mol. The van der Waals surface area contributed by atoms with E-state index in [0.29, 0.717) is 5.41 Å². The molecule has 1 unspecified atom stereocenters. The van der Waals surface area contributed by atoms with Crippen LogP contribution in [0, 0.1) is 0 Å². The van der Waals surface area contributed by atoms with E-state index >= 15 is 0 Å². The average Bonchev–Trinajstić information content (AvgIpc) is 3.04. The normalized spacial score (nSPS) is 29.4. The molecule has 2 heteroatoms. The van der Waals surface area contributed by atoms with Gasteiger partial charge in [0.1, 0.15) is 0 Å². The van der Waals surface area contributed by atoms with Gasteiger partial charge in [0.15, 0.2) is 0 Å². The molecule has 1 atom stereocenters. The lowest BCUT2D eigenvalue weighted by Gasteiger charge is -2.26. The lowest BCUT2D eigenvalue weighted by atomic mass is 9.86. The Kier molecular flexibility index (Phi) is 2.95. The molecule has 2 aliphatic rings. The van der Waals surface area contributed by atoms with Gasteiger partial charge in [0.25, 0.3) is 0 Å². The Morgan fingerprint density at radius 1 is 1.22 bits per heavy atom. The van der Waals surface area contributed by atoms with Gasteiger partial charge in [-0.1, -0.05) is 24.3 Å². The van der Waals surface area contributed by atoms with Crippen LogP contribution in [0.1, 0.15) is 43.7 Å². The molecule has 18 heavy (non-hydrogen) atoms. The van der Waals surface area contributed by atoms with Crippen LogP contribution in [0.2, 0.25) is 0 Å². The molecule has 2 fully saturated rings. The molecule has 0 radical (unpaired) electrons. The quantitative estimate of drug-likeness (QED) is 0.880. The number of benzene rings is 1. The molecule has 1 saturated carbocycles. The number of nitrogens with one attached hydrogen (secondary N) is 1. The summed E-state index contributed by atoms with van der Waals surface area (Å²) in [6, 6.07) is 9.16. The van der Waals surface area contributed by atoms with E-state index in [1.54, 1.807) is 0 Å². The largest absolute Gasteiger partial charge is 0.384 e. The predicted molar refractivity (Wildman–Crippen MR) is 73.8 cm³/mol. The first-order valence-electron chi connectivity index (χ1n) is 7.04. The SMILES string of the molecule is COCC1(c2cccc(C3(C)CCCN3)c2)CC1. The summed E-state index contributed by atoms with van der Waals surface area (Å²) in [5.41, 5.74) is 3.41. The molecule has 1 heterocycles. The van der Waals surface area contributed by atoms with Crippen LogP contribution < -0.4 is 5.32 Å². The molecule has 0 spiro atoms. The van der Waals surface area contributed by atoms with Crippen LogP contribution in [0.5, 0.6) is 0 Å². The minimum atomic E-state index is 0.180. The third-order valence-electron chi connectivity index (χ3n) is 4.75. The van der Waals surface area contributed by atoms with Crippen molar-refractivity contribution in [2.24, 2.45) is 0 Å². The van der Waals surface area contributed by atoms with Crippen molar-refractivity contribution in [3.05, 3.63) is 35.4 Å². The zero-order valence-corrected chi connectivity index (χ0v) is 11.5. The Labute approximate surface area is 110 Å². The second kappa shape index (κ2) is 4.36. The maximum Gasteiger partial charge on any atom is 0.0559 e. The van der Waals surface area contributed by atoms with Crippen LogP contribution >= 0.6 is 0 Å². The highest BCUT2D eigenvalue weighted by Crippen LogP contribution is 2.49. The fourth-order valence-electron chi connectivity index (χ4n) is 3.28. The van der Waals surface area contributed by atoms with Crippen molar-refractivity contribution in [1.82, 2.24) is 5.32 Å². The van der Waals surface area contributed by atoms with Gasteiger partial charge in [-0.3, -0.25) is 0 Å². The summed E-state index contributed by atoms with van der Waals surface area (Å²) in [7, 11) is 1.81. The molecular formula is C16H23NO. The topological polar surface area (TPSA) is 21.3 Å². The summed E-state index contributed by atoms with van der Waals surface area (Å²) < 4.78 is 5.40. The summed E-state index contributed by atoms with van der Waals surface area (Å²) >= 11 is 0. The predicted octanol–water partition coefficient (Wildman–Crippen LogP) is 2.96. The van der Waals surface area contributed by atoms with Crippen LogP contribution in [0.4, 0.5) is 0 Å². The van der Waals surface area contributed by atoms with Crippen molar-refractivity contribution in [2.45, 2.75) is 43.6 Å². The van der Waals surface area contributed by atoms with Crippen LogP contribution in [0.3, 0.4) is 0 Å². The molecule has 0 amide bonds. The van der Waals surface area contributed by atoms with E-state index in [9.17, 15) is 0 Å². The molecule has 1 saturated heterocycles. The molecule has 1 aliphatic carbocycles. The van der Waals surface area contributed by atoms with E-state index in [1.165, 1.54) is 36.8 Å². The average molecular weight is 245 g/mol. The first-order chi connectivity index (χ1) is 8.69. The minimum Gasteiger partial charge on any atom is -0.384 e. The lowest BCUT2D eigenvalue weighted by molar-refractivity contribution is 0.171. The van der Waals surface area contributed by atoms with Gasteiger partial charge in [-0.05, 0) is 50.3 Å². The molecule has 1 aromatic carbocycles. The number of methoxy groups -OCH3 is 1. The molecule has 3 rings (SSSR count). The van der Waals surface area contributed by atoms with Crippen molar-refractivity contribution in [2.75, 3.05) is 20.3 Å². The number of hydrogen-bond acceptors (Lipinski definition) is 2. The second-order valence-corrected chi connectivity index (χ2v) is 6.16. The highest BCUT2D eigenvalue weighted by atomic mass is 16.5. The number of hydrogen-bond donors (Lipinski definition) is 1. The van der Waals surface area contributed by atoms with Gasteiger partial charge in [0.05, 0.1) is 6.61 Å². The molecule has 0 bridgehead atoms. The Bertz CT molecular complexity index is 430. The maximum atomic E-state index is 5.40. The monoisotopic (exact) mass is 245 g/mol. The van der Waals surface area contributed by atoms with E-state index in [1.807, 2.05) is 7.11 Å². The molecule has 1 aliphatic heterocycles. The smallest absolute Gasteiger partial charge is 0.0559 e. The molecule has 2 nitrogen and oxygen atoms in total. The zero-order valence-electron chi connectivity index (χ0n) is 11.5. The third-order valence-corrected chi connectivity index (χ3v) is 4.75. The summed E-state index contributed by atoms with van der Waals surface area (Å²) in [5.74, 6) is 0. The first kappa shape index (κ1) is 12.2.